The fourth-order valence-corrected chi connectivity index (χ4v) is 2.42. The summed E-state index contributed by atoms with van der Waals surface area (Å²) in [6, 6.07) is 14.2. The Hall–Kier alpha value is -1.94. The van der Waals surface area contributed by atoms with Gasteiger partial charge in [0.05, 0.1) is 4.90 Å². The molecule has 0 unspecified atom stereocenters. The van der Waals surface area contributed by atoms with Crippen molar-refractivity contribution in [2.24, 2.45) is 4.40 Å². The van der Waals surface area contributed by atoms with Crippen LogP contribution in [0.1, 0.15) is 16.7 Å². The van der Waals surface area contributed by atoms with Gasteiger partial charge >= 0.3 is 0 Å². The third-order valence-corrected chi connectivity index (χ3v) is 3.99. The van der Waals surface area contributed by atoms with Crippen LogP contribution in [0.15, 0.2) is 57.8 Å². The van der Waals surface area contributed by atoms with Gasteiger partial charge in [0.25, 0.3) is 10.0 Å². The number of sulfonamides is 1. The van der Waals surface area contributed by atoms with Gasteiger partial charge in [0.15, 0.2) is 0 Å². The van der Waals surface area contributed by atoms with Gasteiger partial charge in [-0.05, 0) is 31.5 Å². The minimum atomic E-state index is -3.62. The maximum Gasteiger partial charge on any atom is 0.282 e. The minimum Gasteiger partial charge on any atom is -0.199 e. The normalized spacial score (nSPS) is 11.9. The molecular weight excluding hydrogens is 258 g/mol. The first-order valence-electron chi connectivity index (χ1n) is 5.91. The van der Waals surface area contributed by atoms with Gasteiger partial charge in [0.1, 0.15) is 0 Å². The summed E-state index contributed by atoms with van der Waals surface area (Å²) in [5, 5.41) is 0. The molecule has 0 aliphatic carbocycles. The van der Waals surface area contributed by atoms with Crippen LogP contribution in [0.5, 0.6) is 0 Å². The van der Waals surface area contributed by atoms with E-state index in [2.05, 4.69) is 4.40 Å². The second-order valence-corrected chi connectivity index (χ2v) is 6.07. The molecule has 2 aromatic rings. The Morgan fingerprint density at radius 2 is 1.32 bits per heavy atom. The summed E-state index contributed by atoms with van der Waals surface area (Å²) < 4.78 is 27.7. The van der Waals surface area contributed by atoms with Crippen LogP contribution in [-0.2, 0) is 10.0 Å². The zero-order valence-electron chi connectivity index (χ0n) is 10.9. The zero-order valence-corrected chi connectivity index (χ0v) is 11.7. The van der Waals surface area contributed by atoms with Crippen LogP contribution in [0, 0.1) is 13.8 Å². The summed E-state index contributed by atoms with van der Waals surface area (Å²) in [6.07, 6.45) is 1.37. The molecule has 0 fully saturated rings. The second-order valence-electron chi connectivity index (χ2n) is 4.43. The highest BCUT2D eigenvalue weighted by Gasteiger charge is 2.10. The van der Waals surface area contributed by atoms with Gasteiger partial charge in [-0.25, -0.2) is 0 Å². The van der Waals surface area contributed by atoms with Gasteiger partial charge in [-0.3, -0.25) is 0 Å². The van der Waals surface area contributed by atoms with Crippen molar-refractivity contribution in [1.82, 2.24) is 0 Å². The summed E-state index contributed by atoms with van der Waals surface area (Å²) in [6.45, 7) is 3.88. The molecule has 98 valence electrons. The summed E-state index contributed by atoms with van der Waals surface area (Å²) in [5.74, 6) is 0. The molecule has 0 aromatic heterocycles. The predicted molar refractivity (Wildman–Crippen MR) is 77.1 cm³/mol. The monoisotopic (exact) mass is 273 g/mol. The molecular formula is C15H15NO2S. The molecule has 0 saturated heterocycles. The molecule has 19 heavy (non-hydrogen) atoms. The maximum absolute atomic E-state index is 12.0. The van der Waals surface area contributed by atoms with Gasteiger partial charge < -0.3 is 0 Å². The van der Waals surface area contributed by atoms with Gasteiger partial charge in [0.2, 0.25) is 0 Å². The van der Waals surface area contributed by atoms with Crippen molar-refractivity contribution in [3.05, 3.63) is 65.2 Å². The van der Waals surface area contributed by atoms with E-state index in [1.54, 1.807) is 24.3 Å². The quantitative estimate of drug-likeness (QED) is 0.807. The van der Waals surface area contributed by atoms with Crippen LogP contribution in [0.25, 0.3) is 0 Å². The number of aryl methyl sites for hydroxylation is 2. The van der Waals surface area contributed by atoms with Crippen LogP contribution in [0.2, 0.25) is 0 Å². The molecule has 0 bridgehead atoms. The Balaban J connectivity index is 2.26. The summed E-state index contributed by atoms with van der Waals surface area (Å²) in [5.41, 5.74) is 2.90. The molecule has 3 nitrogen and oxygen atoms in total. The summed E-state index contributed by atoms with van der Waals surface area (Å²) in [7, 11) is -3.62. The van der Waals surface area contributed by atoms with Crippen molar-refractivity contribution < 1.29 is 8.42 Å². The van der Waals surface area contributed by atoms with Crippen molar-refractivity contribution >= 4 is 16.2 Å². The van der Waals surface area contributed by atoms with Gasteiger partial charge in [-0.15, -0.1) is 0 Å². The van der Waals surface area contributed by atoms with Crippen LogP contribution in [-0.4, -0.2) is 14.6 Å². The molecule has 0 aliphatic rings. The molecule has 0 aliphatic heterocycles. The van der Waals surface area contributed by atoms with Crippen molar-refractivity contribution in [1.29, 1.82) is 0 Å². The highest BCUT2D eigenvalue weighted by molar-refractivity contribution is 7.90. The Morgan fingerprint density at radius 1 is 0.842 bits per heavy atom. The lowest BCUT2D eigenvalue weighted by Crippen LogP contribution is -1.97. The third kappa shape index (κ3) is 3.51. The first-order valence-corrected chi connectivity index (χ1v) is 7.35. The van der Waals surface area contributed by atoms with Gasteiger partial charge in [0, 0.05) is 6.21 Å². The largest absolute Gasteiger partial charge is 0.282 e. The molecule has 2 rings (SSSR count). The second kappa shape index (κ2) is 5.36. The molecule has 0 heterocycles. The lowest BCUT2D eigenvalue weighted by atomic mass is 10.2. The van der Waals surface area contributed by atoms with E-state index in [-0.39, 0.29) is 4.90 Å². The van der Waals surface area contributed by atoms with E-state index in [4.69, 9.17) is 0 Å². The highest BCUT2D eigenvalue weighted by atomic mass is 32.2. The Labute approximate surface area is 113 Å². The van der Waals surface area contributed by atoms with E-state index >= 15 is 0 Å². The van der Waals surface area contributed by atoms with Gasteiger partial charge in [-0.2, -0.15) is 12.8 Å². The molecule has 0 atom stereocenters. The Morgan fingerprint density at radius 3 is 1.84 bits per heavy atom. The van der Waals surface area contributed by atoms with E-state index in [0.29, 0.717) is 0 Å². The molecule has 0 radical (unpaired) electrons. The Bertz CT molecular complexity index is 684. The van der Waals surface area contributed by atoms with E-state index in [9.17, 15) is 8.42 Å². The fourth-order valence-electron chi connectivity index (χ4n) is 1.55. The number of hydrogen-bond acceptors (Lipinski definition) is 2. The summed E-state index contributed by atoms with van der Waals surface area (Å²) >= 11 is 0. The smallest absolute Gasteiger partial charge is 0.199 e. The first kappa shape index (κ1) is 13.5. The molecule has 4 heteroatoms. The van der Waals surface area contributed by atoms with Crippen LogP contribution in [0.3, 0.4) is 0 Å². The van der Waals surface area contributed by atoms with Crippen molar-refractivity contribution in [2.45, 2.75) is 18.7 Å². The van der Waals surface area contributed by atoms with Crippen molar-refractivity contribution in [3.63, 3.8) is 0 Å². The molecule has 0 amide bonds. The van der Waals surface area contributed by atoms with E-state index in [0.717, 1.165) is 16.7 Å². The molecule has 2 aromatic carbocycles. The third-order valence-electron chi connectivity index (χ3n) is 2.74. The molecule has 0 saturated carbocycles. The van der Waals surface area contributed by atoms with Crippen LogP contribution >= 0.6 is 0 Å². The minimum absolute atomic E-state index is 0.210. The van der Waals surface area contributed by atoms with E-state index < -0.39 is 10.0 Å². The number of benzene rings is 2. The van der Waals surface area contributed by atoms with Crippen molar-refractivity contribution in [2.75, 3.05) is 0 Å². The van der Waals surface area contributed by atoms with Crippen LogP contribution < -0.4 is 0 Å². The predicted octanol–water partition coefficient (Wildman–Crippen LogP) is 3.11. The highest BCUT2D eigenvalue weighted by Crippen LogP contribution is 2.13. The number of rotatable bonds is 3. The van der Waals surface area contributed by atoms with E-state index in [1.807, 2.05) is 38.1 Å². The van der Waals surface area contributed by atoms with Crippen LogP contribution in [0.4, 0.5) is 0 Å². The SMILES string of the molecule is Cc1ccc(C=NS(=O)(=O)c2ccc(C)cc2)cc1. The van der Waals surface area contributed by atoms with Crippen molar-refractivity contribution in [3.8, 4) is 0 Å². The van der Waals surface area contributed by atoms with E-state index in [1.165, 1.54) is 6.21 Å². The summed E-state index contributed by atoms with van der Waals surface area (Å²) in [4.78, 5) is 0.210. The average molecular weight is 273 g/mol. The molecule has 0 spiro atoms. The fraction of sp³-hybridized carbons (Fsp3) is 0.133. The van der Waals surface area contributed by atoms with Gasteiger partial charge in [-0.1, -0.05) is 47.5 Å². The maximum atomic E-state index is 12.0. The Kier molecular flexibility index (Phi) is 3.81. The number of nitrogens with zero attached hydrogens (tertiary/aromatic N) is 1. The standard InChI is InChI=1S/C15H15NO2S/c1-12-3-7-14(8-4-12)11-16-19(17,18)15-9-5-13(2)6-10-15/h3-11H,1-2H3. The lowest BCUT2D eigenvalue weighted by molar-refractivity contribution is 0.598. The zero-order chi connectivity index (χ0) is 13.9. The lowest BCUT2D eigenvalue weighted by Gasteiger charge is -1.99. The molecule has 0 N–H and O–H groups in total. The topological polar surface area (TPSA) is 46.5 Å². The average Bonchev–Trinajstić information content (AvgIpc) is 2.39. The number of hydrogen-bond donors (Lipinski definition) is 0. The first-order chi connectivity index (χ1) is 8.97.